The number of halogens is 1. The molecule has 0 spiro atoms. The molecular formula is C14H20BrN3S2. The fourth-order valence-corrected chi connectivity index (χ4v) is 4.79. The van der Waals surface area contributed by atoms with E-state index in [1.807, 2.05) is 5.51 Å². The second-order valence-corrected chi connectivity index (χ2v) is 7.76. The van der Waals surface area contributed by atoms with Crippen LogP contribution in [0.4, 0.5) is 0 Å². The summed E-state index contributed by atoms with van der Waals surface area (Å²) < 4.78 is 1.13. The van der Waals surface area contributed by atoms with E-state index in [1.54, 1.807) is 22.7 Å². The number of nitrogens with two attached hydrogens (primary N) is 1. The smallest absolute Gasteiger partial charge is 0.0798 e. The van der Waals surface area contributed by atoms with Gasteiger partial charge in [0, 0.05) is 32.2 Å². The normalized spacial score (nSPS) is 14.7. The minimum absolute atomic E-state index is 0.138. The number of rotatable bonds is 6. The Balaban J connectivity index is 2.20. The number of hydrogen-bond donors (Lipinski definition) is 1. The van der Waals surface area contributed by atoms with Crippen LogP contribution < -0.4 is 5.73 Å². The largest absolute Gasteiger partial charge is 0.326 e. The highest BCUT2D eigenvalue weighted by molar-refractivity contribution is 9.10. The summed E-state index contributed by atoms with van der Waals surface area (Å²) in [4.78, 5) is 9.30. The van der Waals surface area contributed by atoms with E-state index in [0.29, 0.717) is 0 Å². The highest BCUT2D eigenvalue weighted by Gasteiger charge is 2.25. The predicted molar refractivity (Wildman–Crippen MR) is 91.3 cm³/mol. The molecule has 2 unspecified atom stereocenters. The van der Waals surface area contributed by atoms with Gasteiger partial charge in [0.2, 0.25) is 0 Å². The van der Waals surface area contributed by atoms with E-state index < -0.39 is 0 Å². The number of likely N-dealkylation sites (N-methyl/N-ethyl adjacent to an activating group) is 1. The van der Waals surface area contributed by atoms with E-state index in [4.69, 9.17) is 5.73 Å². The van der Waals surface area contributed by atoms with Crippen molar-refractivity contribution < 1.29 is 0 Å². The Bertz CT molecular complexity index is 552. The van der Waals surface area contributed by atoms with Crippen molar-refractivity contribution in [3.63, 3.8) is 0 Å². The molecule has 0 aromatic carbocycles. The first-order valence-corrected chi connectivity index (χ1v) is 9.16. The van der Waals surface area contributed by atoms with Crippen molar-refractivity contribution in [2.75, 3.05) is 7.05 Å². The van der Waals surface area contributed by atoms with Gasteiger partial charge in [-0.15, -0.1) is 22.7 Å². The molecule has 0 bridgehead atoms. The van der Waals surface area contributed by atoms with Crippen molar-refractivity contribution in [1.29, 1.82) is 0 Å². The van der Waals surface area contributed by atoms with Crippen LogP contribution in [0.1, 0.15) is 34.8 Å². The van der Waals surface area contributed by atoms with Gasteiger partial charge in [-0.2, -0.15) is 0 Å². The standard InChI is InChI=1S/C14H20BrN3S2/c1-4-11(16)14(12-5-10(15)7-19-12)18(3)6-13-9(2)17-8-20-13/h5,7-8,11,14H,4,6,16H2,1-3H3. The van der Waals surface area contributed by atoms with E-state index >= 15 is 0 Å². The molecule has 0 aliphatic rings. The average Bonchev–Trinajstić information content (AvgIpc) is 2.99. The highest BCUT2D eigenvalue weighted by atomic mass is 79.9. The maximum Gasteiger partial charge on any atom is 0.0798 e. The monoisotopic (exact) mass is 373 g/mol. The first kappa shape index (κ1) is 16.1. The summed E-state index contributed by atoms with van der Waals surface area (Å²) in [5.41, 5.74) is 9.40. The van der Waals surface area contributed by atoms with Gasteiger partial charge in [-0.3, -0.25) is 4.90 Å². The number of aryl methyl sites for hydroxylation is 1. The zero-order chi connectivity index (χ0) is 14.7. The fourth-order valence-electron chi connectivity index (χ4n) is 2.26. The van der Waals surface area contributed by atoms with Gasteiger partial charge in [0.25, 0.3) is 0 Å². The lowest BCUT2D eigenvalue weighted by atomic mass is 10.0. The second-order valence-electron chi connectivity index (χ2n) is 4.96. The van der Waals surface area contributed by atoms with Crippen LogP contribution in [-0.2, 0) is 6.54 Å². The number of thiazole rings is 1. The zero-order valence-corrected chi connectivity index (χ0v) is 15.2. The summed E-state index contributed by atoms with van der Waals surface area (Å²) in [7, 11) is 2.15. The van der Waals surface area contributed by atoms with Crippen molar-refractivity contribution in [2.45, 2.75) is 38.9 Å². The van der Waals surface area contributed by atoms with Gasteiger partial charge in [-0.1, -0.05) is 6.92 Å². The van der Waals surface area contributed by atoms with E-state index in [1.165, 1.54) is 9.75 Å². The molecule has 0 fully saturated rings. The summed E-state index contributed by atoms with van der Waals surface area (Å²) in [6, 6.07) is 2.57. The summed E-state index contributed by atoms with van der Waals surface area (Å²) in [6.07, 6.45) is 0.964. The average molecular weight is 374 g/mol. The van der Waals surface area contributed by atoms with Crippen LogP contribution in [0.2, 0.25) is 0 Å². The van der Waals surface area contributed by atoms with Crippen LogP contribution in [0.5, 0.6) is 0 Å². The van der Waals surface area contributed by atoms with E-state index in [0.717, 1.165) is 23.1 Å². The van der Waals surface area contributed by atoms with Crippen molar-refractivity contribution >= 4 is 38.6 Å². The molecule has 2 heterocycles. The van der Waals surface area contributed by atoms with Crippen LogP contribution in [0.15, 0.2) is 21.4 Å². The molecular weight excluding hydrogens is 354 g/mol. The van der Waals surface area contributed by atoms with E-state index in [-0.39, 0.29) is 12.1 Å². The molecule has 2 aromatic heterocycles. The van der Waals surface area contributed by atoms with Crippen molar-refractivity contribution in [2.24, 2.45) is 5.73 Å². The highest BCUT2D eigenvalue weighted by Crippen LogP contribution is 2.33. The molecule has 2 N–H and O–H groups in total. The fraction of sp³-hybridized carbons (Fsp3) is 0.500. The third-order valence-corrected chi connectivity index (χ3v) is 6.15. The van der Waals surface area contributed by atoms with Gasteiger partial charge in [0.05, 0.1) is 17.2 Å². The van der Waals surface area contributed by atoms with Gasteiger partial charge in [0.15, 0.2) is 0 Å². The maximum absolute atomic E-state index is 6.36. The molecule has 0 radical (unpaired) electrons. The number of thiophene rings is 1. The lowest BCUT2D eigenvalue weighted by molar-refractivity contribution is 0.206. The minimum atomic E-state index is 0.138. The van der Waals surface area contributed by atoms with Gasteiger partial charge >= 0.3 is 0 Å². The Labute approximate surface area is 137 Å². The van der Waals surface area contributed by atoms with Crippen molar-refractivity contribution in [3.8, 4) is 0 Å². The SMILES string of the molecule is CCC(N)C(c1cc(Br)cs1)N(C)Cc1scnc1C. The molecule has 2 aromatic rings. The maximum atomic E-state index is 6.36. The third kappa shape index (κ3) is 3.68. The van der Waals surface area contributed by atoms with Crippen molar-refractivity contribution in [3.05, 3.63) is 36.9 Å². The van der Waals surface area contributed by atoms with Gasteiger partial charge < -0.3 is 5.73 Å². The molecule has 20 heavy (non-hydrogen) atoms. The van der Waals surface area contributed by atoms with Gasteiger partial charge in [-0.05, 0) is 42.4 Å². The van der Waals surface area contributed by atoms with Crippen LogP contribution in [0.25, 0.3) is 0 Å². The molecule has 3 nitrogen and oxygen atoms in total. The summed E-state index contributed by atoms with van der Waals surface area (Å²) >= 11 is 7.02. The molecule has 0 saturated heterocycles. The molecule has 110 valence electrons. The summed E-state index contributed by atoms with van der Waals surface area (Å²) in [5.74, 6) is 0. The molecule has 2 rings (SSSR count). The summed E-state index contributed by atoms with van der Waals surface area (Å²) in [5, 5.41) is 2.12. The van der Waals surface area contributed by atoms with Crippen LogP contribution in [0, 0.1) is 6.92 Å². The molecule has 0 amide bonds. The Morgan fingerprint density at radius 1 is 1.45 bits per heavy atom. The summed E-state index contributed by atoms with van der Waals surface area (Å²) in [6.45, 7) is 5.10. The lowest BCUT2D eigenvalue weighted by Gasteiger charge is -2.31. The van der Waals surface area contributed by atoms with E-state index in [9.17, 15) is 0 Å². The molecule has 0 saturated carbocycles. The van der Waals surface area contributed by atoms with Gasteiger partial charge in [0.1, 0.15) is 0 Å². The second kappa shape index (κ2) is 7.13. The third-order valence-electron chi connectivity index (χ3n) is 3.47. The molecule has 6 heteroatoms. The minimum Gasteiger partial charge on any atom is -0.326 e. The first-order chi connectivity index (χ1) is 9.52. The molecule has 0 aliphatic carbocycles. The van der Waals surface area contributed by atoms with Gasteiger partial charge in [-0.25, -0.2) is 4.98 Å². The quantitative estimate of drug-likeness (QED) is 0.825. The lowest BCUT2D eigenvalue weighted by Crippen LogP contribution is -2.38. The topological polar surface area (TPSA) is 42.1 Å². The Hall–Kier alpha value is -0.270. The Morgan fingerprint density at radius 3 is 2.70 bits per heavy atom. The number of nitrogens with zero attached hydrogens (tertiary/aromatic N) is 2. The number of aromatic nitrogens is 1. The van der Waals surface area contributed by atoms with Crippen molar-refractivity contribution in [1.82, 2.24) is 9.88 Å². The first-order valence-electron chi connectivity index (χ1n) is 6.61. The molecule has 0 aliphatic heterocycles. The zero-order valence-electron chi connectivity index (χ0n) is 12.0. The van der Waals surface area contributed by atoms with E-state index in [2.05, 4.69) is 58.2 Å². The number of hydrogen-bond acceptors (Lipinski definition) is 5. The van der Waals surface area contributed by atoms with Crippen LogP contribution in [-0.4, -0.2) is 23.0 Å². The Kier molecular flexibility index (Phi) is 5.74. The van der Waals surface area contributed by atoms with Crippen LogP contribution in [0.3, 0.4) is 0 Å². The van der Waals surface area contributed by atoms with Crippen LogP contribution >= 0.6 is 38.6 Å². The predicted octanol–water partition coefficient (Wildman–Crippen LogP) is 4.19. The Morgan fingerprint density at radius 2 is 2.20 bits per heavy atom. The molecule has 2 atom stereocenters.